The largest absolute Gasteiger partial charge is 0.353 e. The lowest BCUT2D eigenvalue weighted by Gasteiger charge is -2.48. The summed E-state index contributed by atoms with van der Waals surface area (Å²) < 4.78 is 0. The van der Waals surface area contributed by atoms with Gasteiger partial charge in [-0.15, -0.1) is 0 Å². The molecule has 0 bridgehead atoms. The fourth-order valence-electron chi connectivity index (χ4n) is 4.55. The lowest BCUT2D eigenvalue weighted by Crippen LogP contribution is -2.67. The summed E-state index contributed by atoms with van der Waals surface area (Å²) in [5.41, 5.74) is 0.876. The van der Waals surface area contributed by atoms with E-state index in [9.17, 15) is 4.79 Å². The van der Waals surface area contributed by atoms with Crippen molar-refractivity contribution in [2.24, 2.45) is 5.41 Å². The SMILES string of the molecule is CC1(C)CC(NC(=O)C2(Cc3ccc(Cl)cc3)CNC2)CC(C)(C)N1. The summed E-state index contributed by atoms with van der Waals surface area (Å²) in [6.07, 6.45) is 2.65. The summed E-state index contributed by atoms with van der Waals surface area (Å²) >= 11 is 5.98. The average Bonchev–Trinajstić information content (AvgIpc) is 2.41. The van der Waals surface area contributed by atoms with Crippen LogP contribution in [-0.2, 0) is 11.2 Å². The standard InChI is InChI=1S/C20H30ClN3O/c1-18(2)10-16(11-19(3,4)24-18)23-17(25)20(12-22-13-20)9-14-5-7-15(21)8-6-14/h5-8,16,22,24H,9-13H2,1-4H3,(H,23,25). The van der Waals surface area contributed by atoms with E-state index in [0.29, 0.717) is 0 Å². The Hall–Kier alpha value is -1.10. The summed E-state index contributed by atoms with van der Waals surface area (Å²) in [6.45, 7) is 10.3. The summed E-state index contributed by atoms with van der Waals surface area (Å²) in [4.78, 5) is 13.1. The van der Waals surface area contributed by atoms with Crippen molar-refractivity contribution >= 4 is 17.5 Å². The van der Waals surface area contributed by atoms with Gasteiger partial charge < -0.3 is 16.0 Å². The van der Waals surface area contributed by atoms with Crippen LogP contribution in [0, 0.1) is 5.41 Å². The molecule has 2 aliphatic heterocycles. The van der Waals surface area contributed by atoms with Gasteiger partial charge in [0.2, 0.25) is 5.91 Å². The Morgan fingerprint density at radius 3 is 2.16 bits per heavy atom. The van der Waals surface area contributed by atoms with Crippen molar-refractivity contribution in [3.05, 3.63) is 34.9 Å². The smallest absolute Gasteiger partial charge is 0.229 e. The van der Waals surface area contributed by atoms with Gasteiger partial charge in [0, 0.05) is 35.2 Å². The lowest BCUT2D eigenvalue weighted by atomic mass is 9.74. The highest BCUT2D eigenvalue weighted by Crippen LogP contribution is 2.32. The van der Waals surface area contributed by atoms with E-state index in [4.69, 9.17) is 11.6 Å². The van der Waals surface area contributed by atoms with Crippen LogP contribution >= 0.6 is 11.6 Å². The third-order valence-corrected chi connectivity index (χ3v) is 5.64. The second-order valence-corrected chi connectivity index (χ2v) is 9.59. The van der Waals surface area contributed by atoms with Crippen molar-refractivity contribution < 1.29 is 4.79 Å². The average molecular weight is 364 g/mol. The van der Waals surface area contributed by atoms with Crippen LogP contribution in [0.5, 0.6) is 0 Å². The van der Waals surface area contributed by atoms with E-state index < -0.39 is 0 Å². The van der Waals surface area contributed by atoms with Gasteiger partial charge in [-0.3, -0.25) is 4.79 Å². The van der Waals surface area contributed by atoms with Crippen molar-refractivity contribution in [2.45, 2.75) is 64.1 Å². The minimum Gasteiger partial charge on any atom is -0.353 e. The van der Waals surface area contributed by atoms with Gasteiger partial charge in [-0.25, -0.2) is 0 Å². The van der Waals surface area contributed by atoms with Crippen LogP contribution in [0.2, 0.25) is 5.02 Å². The van der Waals surface area contributed by atoms with Crippen molar-refractivity contribution in [1.82, 2.24) is 16.0 Å². The van der Waals surface area contributed by atoms with E-state index in [1.807, 2.05) is 24.3 Å². The maximum atomic E-state index is 13.1. The monoisotopic (exact) mass is 363 g/mol. The van der Waals surface area contributed by atoms with Crippen molar-refractivity contribution in [1.29, 1.82) is 0 Å². The number of benzene rings is 1. The molecule has 138 valence electrons. The molecule has 1 aromatic rings. The Kier molecular flexibility index (Phi) is 4.91. The molecule has 3 N–H and O–H groups in total. The summed E-state index contributed by atoms with van der Waals surface area (Å²) in [5, 5.41) is 11.0. The minimum absolute atomic E-state index is 0.0287. The first-order valence-electron chi connectivity index (χ1n) is 9.15. The Balaban J connectivity index is 1.69. The third kappa shape index (κ3) is 4.36. The minimum atomic E-state index is -0.340. The van der Waals surface area contributed by atoms with Gasteiger partial charge in [0.1, 0.15) is 0 Å². The molecule has 1 aromatic carbocycles. The number of carbonyl (C=O) groups excluding carboxylic acids is 1. The van der Waals surface area contributed by atoms with Gasteiger partial charge in [0.25, 0.3) is 0 Å². The van der Waals surface area contributed by atoms with Gasteiger partial charge in [0.05, 0.1) is 5.41 Å². The van der Waals surface area contributed by atoms with Crippen LogP contribution in [0.4, 0.5) is 0 Å². The molecule has 2 aliphatic rings. The van der Waals surface area contributed by atoms with Crippen molar-refractivity contribution in [2.75, 3.05) is 13.1 Å². The molecule has 2 saturated heterocycles. The molecule has 0 unspecified atom stereocenters. The van der Waals surface area contributed by atoms with E-state index in [-0.39, 0.29) is 28.4 Å². The van der Waals surface area contributed by atoms with Crippen LogP contribution in [0.15, 0.2) is 24.3 Å². The van der Waals surface area contributed by atoms with Gasteiger partial charge >= 0.3 is 0 Å². The normalized spacial score (nSPS) is 24.4. The van der Waals surface area contributed by atoms with E-state index >= 15 is 0 Å². The number of amides is 1. The molecular formula is C20H30ClN3O. The number of hydrogen-bond donors (Lipinski definition) is 3. The van der Waals surface area contributed by atoms with Crippen molar-refractivity contribution in [3.8, 4) is 0 Å². The molecule has 2 heterocycles. The summed E-state index contributed by atoms with van der Waals surface area (Å²) in [7, 11) is 0. The molecule has 25 heavy (non-hydrogen) atoms. The fourth-order valence-corrected chi connectivity index (χ4v) is 4.67. The Morgan fingerprint density at radius 2 is 1.68 bits per heavy atom. The Bertz CT molecular complexity index is 619. The fraction of sp³-hybridized carbons (Fsp3) is 0.650. The molecular weight excluding hydrogens is 334 g/mol. The molecule has 4 nitrogen and oxygen atoms in total. The zero-order valence-corrected chi connectivity index (χ0v) is 16.5. The van der Waals surface area contributed by atoms with Crippen molar-refractivity contribution in [3.63, 3.8) is 0 Å². The zero-order valence-electron chi connectivity index (χ0n) is 15.7. The molecule has 3 rings (SSSR count). The highest BCUT2D eigenvalue weighted by molar-refractivity contribution is 6.30. The number of nitrogens with one attached hydrogen (secondary N) is 3. The first kappa shape index (κ1) is 18.7. The molecule has 5 heteroatoms. The molecule has 0 spiro atoms. The molecule has 0 radical (unpaired) electrons. The summed E-state index contributed by atoms with van der Waals surface area (Å²) in [5.74, 6) is 0.180. The van der Waals surface area contributed by atoms with Crippen LogP contribution in [0.1, 0.15) is 46.1 Å². The van der Waals surface area contributed by atoms with Gasteiger partial charge in [-0.2, -0.15) is 0 Å². The highest BCUT2D eigenvalue weighted by Gasteiger charge is 2.46. The predicted octanol–water partition coefficient (Wildman–Crippen LogP) is 2.90. The molecule has 0 aromatic heterocycles. The first-order valence-corrected chi connectivity index (χ1v) is 9.53. The number of hydrogen-bond acceptors (Lipinski definition) is 3. The van der Waals surface area contributed by atoms with Gasteiger partial charge in [-0.05, 0) is 64.7 Å². The molecule has 0 aliphatic carbocycles. The van der Waals surface area contributed by atoms with E-state index in [1.54, 1.807) is 0 Å². The zero-order chi connectivity index (χ0) is 18.3. The quantitative estimate of drug-likeness (QED) is 0.771. The Labute approximate surface area is 156 Å². The Morgan fingerprint density at radius 1 is 1.12 bits per heavy atom. The highest BCUT2D eigenvalue weighted by atomic mass is 35.5. The third-order valence-electron chi connectivity index (χ3n) is 5.39. The second-order valence-electron chi connectivity index (χ2n) is 9.16. The van der Waals surface area contributed by atoms with Gasteiger partial charge in [0.15, 0.2) is 0 Å². The first-order chi connectivity index (χ1) is 11.6. The summed E-state index contributed by atoms with van der Waals surface area (Å²) in [6, 6.07) is 8.04. The van der Waals surface area contributed by atoms with Crippen LogP contribution in [0.3, 0.4) is 0 Å². The van der Waals surface area contributed by atoms with E-state index in [0.717, 1.165) is 42.9 Å². The lowest BCUT2D eigenvalue weighted by molar-refractivity contribution is -0.135. The molecule has 2 fully saturated rings. The van der Waals surface area contributed by atoms with Crippen LogP contribution in [-0.4, -0.2) is 36.1 Å². The van der Waals surface area contributed by atoms with E-state index in [1.165, 1.54) is 0 Å². The van der Waals surface area contributed by atoms with Crippen LogP contribution in [0.25, 0.3) is 0 Å². The maximum Gasteiger partial charge on any atom is 0.229 e. The van der Waals surface area contributed by atoms with Gasteiger partial charge in [-0.1, -0.05) is 23.7 Å². The van der Waals surface area contributed by atoms with E-state index in [2.05, 4.69) is 43.6 Å². The van der Waals surface area contributed by atoms with Crippen LogP contribution < -0.4 is 16.0 Å². The second kappa shape index (κ2) is 6.57. The topological polar surface area (TPSA) is 53.2 Å². The molecule has 0 saturated carbocycles. The number of halogens is 1. The molecule has 0 atom stereocenters. The number of rotatable bonds is 4. The number of carbonyl (C=O) groups is 1. The predicted molar refractivity (Wildman–Crippen MR) is 103 cm³/mol. The number of piperidine rings is 1. The molecule has 1 amide bonds. The maximum absolute atomic E-state index is 13.1.